The highest BCUT2D eigenvalue weighted by Crippen LogP contribution is 2.24. The summed E-state index contributed by atoms with van der Waals surface area (Å²) in [5, 5.41) is 5.76. The lowest BCUT2D eigenvalue weighted by molar-refractivity contribution is -0.137. The molecule has 0 aliphatic heterocycles. The third-order valence-electron chi connectivity index (χ3n) is 3.76. The first kappa shape index (κ1) is 14.9. The molecule has 1 aliphatic carbocycles. The lowest BCUT2D eigenvalue weighted by atomic mass is 9.86. The van der Waals surface area contributed by atoms with Gasteiger partial charge in [0.2, 0.25) is 0 Å². The SMILES string of the molecule is C[C@H]1CCCC[C@H]1NC(=O)C(=O)Nc1ccccc1Cl. The van der Waals surface area contributed by atoms with Gasteiger partial charge in [-0.15, -0.1) is 0 Å². The molecule has 5 heteroatoms. The summed E-state index contributed by atoms with van der Waals surface area (Å²) in [6, 6.07) is 6.94. The minimum Gasteiger partial charge on any atom is -0.345 e. The molecule has 4 nitrogen and oxygen atoms in total. The van der Waals surface area contributed by atoms with Gasteiger partial charge in [-0.25, -0.2) is 0 Å². The number of carbonyl (C=O) groups is 2. The van der Waals surface area contributed by atoms with Crippen molar-refractivity contribution in [2.24, 2.45) is 5.92 Å². The number of anilines is 1. The molecule has 2 atom stereocenters. The van der Waals surface area contributed by atoms with Gasteiger partial charge in [0.05, 0.1) is 10.7 Å². The molecular weight excluding hydrogens is 276 g/mol. The van der Waals surface area contributed by atoms with Crippen LogP contribution in [-0.4, -0.2) is 17.9 Å². The first-order valence-corrected chi connectivity index (χ1v) is 7.32. The van der Waals surface area contributed by atoms with Crippen molar-refractivity contribution in [3.8, 4) is 0 Å². The third kappa shape index (κ3) is 3.73. The summed E-state index contributed by atoms with van der Waals surface area (Å²) in [4.78, 5) is 23.8. The molecule has 2 amide bonds. The summed E-state index contributed by atoms with van der Waals surface area (Å²) in [6.07, 6.45) is 4.32. The highest BCUT2D eigenvalue weighted by Gasteiger charge is 2.25. The van der Waals surface area contributed by atoms with Crippen molar-refractivity contribution in [3.05, 3.63) is 29.3 Å². The predicted molar refractivity (Wildman–Crippen MR) is 79.6 cm³/mol. The maximum absolute atomic E-state index is 11.9. The molecule has 1 fully saturated rings. The normalized spacial score (nSPS) is 22.1. The maximum atomic E-state index is 11.9. The van der Waals surface area contributed by atoms with Gasteiger partial charge in [0.25, 0.3) is 0 Å². The van der Waals surface area contributed by atoms with Crippen LogP contribution in [0.3, 0.4) is 0 Å². The Kier molecular flexibility index (Phi) is 5.01. The fraction of sp³-hybridized carbons (Fsp3) is 0.467. The van der Waals surface area contributed by atoms with Crippen LogP contribution in [-0.2, 0) is 9.59 Å². The number of halogens is 1. The van der Waals surface area contributed by atoms with E-state index in [0.29, 0.717) is 16.6 Å². The summed E-state index contributed by atoms with van der Waals surface area (Å²) in [5.74, 6) is -0.847. The van der Waals surface area contributed by atoms with Gasteiger partial charge >= 0.3 is 11.8 Å². The van der Waals surface area contributed by atoms with Gasteiger partial charge in [0.15, 0.2) is 0 Å². The highest BCUT2D eigenvalue weighted by molar-refractivity contribution is 6.41. The zero-order chi connectivity index (χ0) is 14.5. The van der Waals surface area contributed by atoms with Crippen LogP contribution in [0.4, 0.5) is 5.69 Å². The van der Waals surface area contributed by atoms with E-state index in [1.165, 1.54) is 6.42 Å². The summed E-state index contributed by atoms with van der Waals surface area (Å²) < 4.78 is 0. The molecule has 0 bridgehead atoms. The Morgan fingerprint density at radius 2 is 1.85 bits per heavy atom. The van der Waals surface area contributed by atoms with Crippen molar-refractivity contribution in [2.45, 2.75) is 38.6 Å². The molecule has 1 aliphatic rings. The van der Waals surface area contributed by atoms with Gasteiger partial charge in [0, 0.05) is 6.04 Å². The first-order chi connectivity index (χ1) is 9.58. The largest absolute Gasteiger partial charge is 0.345 e. The molecule has 0 saturated heterocycles. The molecule has 2 rings (SSSR count). The monoisotopic (exact) mass is 294 g/mol. The Labute approximate surface area is 123 Å². The Morgan fingerprint density at radius 1 is 1.15 bits per heavy atom. The minimum atomic E-state index is -0.670. The van der Waals surface area contributed by atoms with Crippen LogP contribution < -0.4 is 10.6 Å². The average Bonchev–Trinajstić information content (AvgIpc) is 2.43. The zero-order valence-electron chi connectivity index (χ0n) is 11.5. The van der Waals surface area contributed by atoms with E-state index in [1.807, 2.05) is 0 Å². The van der Waals surface area contributed by atoms with Crippen LogP contribution >= 0.6 is 11.6 Å². The van der Waals surface area contributed by atoms with Crippen molar-refractivity contribution in [2.75, 3.05) is 5.32 Å². The van der Waals surface area contributed by atoms with Gasteiger partial charge < -0.3 is 10.6 Å². The molecule has 20 heavy (non-hydrogen) atoms. The molecule has 2 N–H and O–H groups in total. The van der Waals surface area contributed by atoms with Crippen LogP contribution in [0.5, 0.6) is 0 Å². The van der Waals surface area contributed by atoms with Gasteiger partial charge in [-0.1, -0.05) is 43.5 Å². The number of amides is 2. The summed E-state index contributed by atoms with van der Waals surface area (Å²) >= 11 is 5.94. The van der Waals surface area contributed by atoms with Crippen LogP contribution in [0.15, 0.2) is 24.3 Å². The van der Waals surface area contributed by atoms with Crippen LogP contribution in [0.1, 0.15) is 32.6 Å². The number of benzene rings is 1. The second kappa shape index (κ2) is 6.75. The summed E-state index contributed by atoms with van der Waals surface area (Å²) in [6.45, 7) is 2.11. The second-order valence-electron chi connectivity index (χ2n) is 5.28. The Hall–Kier alpha value is -1.55. The van der Waals surface area contributed by atoms with Crippen molar-refractivity contribution >= 4 is 29.1 Å². The van der Waals surface area contributed by atoms with Crippen molar-refractivity contribution < 1.29 is 9.59 Å². The van der Waals surface area contributed by atoms with E-state index in [2.05, 4.69) is 17.6 Å². The van der Waals surface area contributed by atoms with E-state index in [9.17, 15) is 9.59 Å². The van der Waals surface area contributed by atoms with Crippen LogP contribution in [0, 0.1) is 5.92 Å². The summed E-state index contributed by atoms with van der Waals surface area (Å²) in [7, 11) is 0. The quantitative estimate of drug-likeness (QED) is 0.824. The minimum absolute atomic E-state index is 0.0910. The van der Waals surface area contributed by atoms with E-state index < -0.39 is 11.8 Å². The number of nitrogens with one attached hydrogen (secondary N) is 2. The molecule has 0 radical (unpaired) electrons. The van der Waals surface area contributed by atoms with E-state index in [-0.39, 0.29) is 6.04 Å². The van der Waals surface area contributed by atoms with Crippen LogP contribution in [0.2, 0.25) is 5.02 Å². The van der Waals surface area contributed by atoms with E-state index in [1.54, 1.807) is 24.3 Å². The van der Waals surface area contributed by atoms with E-state index >= 15 is 0 Å². The molecule has 1 aromatic carbocycles. The first-order valence-electron chi connectivity index (χ1n) is 6.94. The number of para-hydroxylation sites is 1. The summed E-state index contributed by atoms with van der Waals surface area (Å²) in [5.41, 5.74) is 0.450. The lowest BCUT2D eigenvalue weighted by Crippen LogP contribution is -2.45. The van der Waals surface area contributed by atoms with Crippen molar-refractivity contribution in [1.82, 2.24) is 5.32 Å². The van der Waals surface area contributed by atoms with E-state index in [0.717, 1.165) is 19.3 Å². The smallest absolute Gasteiger partial charge is 0.313 e. The zero-order valence-corrected chi connectivity index (χ0v) is 12.2. The molecule has 0 spiro atoms. The van der Waals surface area contributed by atoms with Crippen molar-refractivity contribution in [3.63, 3.8) is 0 Å². The van der Waals surface area contributed by atoms with Gasteiger partial charge in [-0.05, 0) is 30.9 Å². The predicted octanol–water partition coefficient (Wildman–Crippen LogP) is 2.97. The number of hydrogen-bond acceptors (Lipinski definition) is 2. The topological polar surface area (TPSA) is 58.2 Å². The molecular formula is C15H19ClN2O2. The Balaban J connectivity index is 1.92. The third-order valence-corrected chi connectivity index (χ3v) is 4.09. The molecule has 0 unspecified atom stereocenters. The van der Waals surface area contributed by atoms with Crippen LogP contribution in [0.25, 0.3) is 0 Å². The average molecular weight is 295 g/mol. The maximum Gasteiger partial charge on any atom is 0.313 e. The lowest BCUT2D eigenvalue weighted by Gasteiger charge is -2.29. The fourth-order valence-electron chi connectivity index (χ4n) is 2.51. The van der Waals surface area contributed by atoms with Crippen molar-refractivity contribution in [1.29, 1.82) is 0 Å². The number of carbonyl (C=O) groups excluding carboxylic acids is 2. The Morgan fingerprint density at radius 3 is 2.55 bits per heavy atom. The van der Waals surface area contributed by atoms with Gasteiger partial charge in [0.1, 0.15) is 0 Å². The fourth-order valence-corrected chi connectivity index (χ4v) is 2.69. The second-order valence-corrected chi connectivity index (χ2v) is 5.68. The Bertz CT molecular complexity index is 504. The molecule has 1 aromatic rings. The van der Waals surface area contributed by atoms with Gasteiger partial charge in [-0.3, -0.25) is 9.59 Å². The standard InChI is InChI=1S/C15H19ClN2O2/c1-10-6-2-4-8-12(10)17-14(19)15(20)18-13-9-5-3-7-11(13)16/h3,5,7,9-10,12H,2,4,6,8H2,1H3,(H,17,19)(H,18,20)/t10-,12+/m0/s1. The number of rotatable bonds is 2. The number of hydrogen-bond donors (Lipinski definition) is 2. The van der Waals surface area contributed by atoms with Gasteiger partial charge in [-0.2, -0.15) is 0 Å². The molecule has 0 aromatic heterocycles. The molecule has 1 saturated carbocycles. The molecule has 108 valence electrons. The van der Waals surface area contributed by atoms with E-state index in [4.69, 9.17) is 11.6 Å². The highest BCUT2D eigenvalue weighted by atomic mass is 35.5. The molecule has 0 heterocycles.